The van der Waals surface area contributed by atoms with Crippen molar-refractivity contribution < 1.29 is 9.21 Å². The normalized spacial score (nSPS) is 15.7. The van der Waals surface area contributed by atoms with Crippen LogP contribution in [0.25, 0.3) is 11.5 Å². The number of hydrogen-bond donors (Lipinski definition) is 0. The molecule has 150 valence electrons. The second kappa shape index (κ2) is 8.64. The smallest absolute Gasteiger partial charge is 0.228 e. The number of hydrogen-bond acceptors (Lipinski definition) is 3. The van der Waals surface area contributed by atoms with E-state index in [9.17, 15) is 4.79 Å². The Morgan fingerprint density at radius 1 is 1.10 bits per heavy atom. The number of aryl methyl sites for hydroxylation is 2. The van der Waals surface area contributed by atoms with Gasteiger partial charge in [-0.2, -0.15) is 0 Å². The quantitative estimate of drug-likeness (QED) is 0.598. The fraction of sp³-hybridized carbons (Fsp3) is 0.360. The number of carbonyl (C=O) groups excluding carboxylic acids is 1. The van der Waals surface area contributed by atoms with Crippen molar-refractivity contribution in [1.82, 2.24) is 9.88 Å². The van der Waals surface area contributed by atoms with Crippen molar-refractivity contribution in [2.75, 3.05) is 6.54 Å². The molecule has 0 saturated carbocycles. The monoisotopic (exact) mass is 388 g/mol. The molecule has 4 rings (SSSR count). The van der Waals surface area contributed by atoms with Gasteiger partial charge in [-0.05, 0) is 55.9 Å². The van der Waals surface area contributed by atoms with E-state index in [1.807, 2.05) is 37.3 Å². The van der Waals surface area contributed by atoms with E-state index in [2.05, 4.69) is 41.1 Å². The van der Waals surface area contributed by atoms with Gasteiger partial charge >= 0.3 is 0 Å². The summed E-state index contributed by atoms with van der Waals surface area (Å²) in [6.07, 6.45) is 4.25. The van der Waals surface area contributed by atoms with E-state index in [1.165, 1.54) is 11.1 Å². The van der Waals surface area contributed by atoms with E-state index in [0.717, 1.165) is 49.2 Å². The van der Waals surface area contributed by atoms with Gasteiger partial charge in [0.15, 0.2) is 0 Å². The largest absolute Gasteiger partial charge is 0.441 e. The van der Waals surface area contributed by atoms with Gasteiger partial charge in [-0.15, -0.1) is 0 Å². The summed E-state index contributed by atoms with van der Waals surface area (Å²) in [5.74, 6) is 1.45. The molecule has 1 atom stereocenters. The highest BCUT2D eigenvalue weighted by molar-refractivity contribution is 5.79. The third-order valence-corrected chi connectivity index (χ3v) is 5.78. The minimum Gasteiger partial charge on any atom is -0.441 e. The Labute approximate surface area is 172 Å². The number of amides is 1. The summed E-state index contributed by atoms with van der Waals surface area (Å²) < 4.78 is 5.85. The van der Waals surface area contributed by atoms with Gasteiger partial charge in [0, 0.05) is 18.2 Å². The molecular weight excluding hydrogens is 360 g/mol. The first-order valence-corrected chi connectivity index (χ1v) is 10.5. The first-order chi connectivity index (χ1) is 14.2. The molecule has 29 heavy (non-hydrogen) atoms. The molecule has 1 aromatic heterocycles. The van der Waals surface area contributed by atoms with Gasteiger partial charge in [0.1, 0.15) is 5.76 Å². The minimum absolute atomic E-state index is 0.146. The lowest BCUT2D eigenvalue weighted by Crippen LogP contribution is -2.44. The van der Waals surface area contributed by atoms with Crippen molar-refractivity contribution in [3.63, 3.8) is 0 Å². The van der Waals surface area contributed by atoms with Crippen LogP contribution in [-0.2, 0) is 24.1 Å². The van der Waals surface area contributed by atoms with E-state index in [4.69, 9.17) is 4.42 Å². The van der Waals surface area contributed by atoms with Gasteiger partial charge in [-0.3, -0.25) is 4.79 Å². The van der Waals surface area contributed by atoms with Crippen LogP contribution < -0.4 is 0 Å². The van der Waals surface area contributed by atoms with Crippen LogP contribution in [0.4, 0.5) is 0 Å². The summed E-state index contributed by atoms with van der Waals surface area (Å²) in [7, 11) is 0. The maximum atomic E-state index is 13.3. The van der Waals surface area contributed by atoms with Gasteiger partial charge < -0.3 is 9.32 Å². The highest BCUT2D eigenvalue weighted by Gasteiger charge is 2.28. The summed E-state index contributed by atoms with van der Waals surface area (Å²) in [5, 5.41) is 0. The molecule has 2 aromatic carbocycles. The summed E-state index contributed by atoms with van der Waals surface area (Å²) in [6.45, 7) is 4.81. The first kappa shape index (κ1) is 19.4. The highest BCUT2D eigenvalue weighted by Crippen LogP contribution is 2.26. The zero-order chi connectivity index (χ0) is 20.2. The van der Waals surface area contributed by atoms with Crippen molar-refractivity contribution in [2.24, 2.45) is 0 Å². The van der Waals surface area contributed by atoms with E-state index in [1.54, 1.807) is 0 Å². The van der Waals surface area contributed by atoms with Crippen molar-refractivity contribution in [2.45, 2.75) is 52.0 Å². The van der Waals surface area contributed by atoms with Crippen molar-refractivity contribution in [3.05, 3.63) is 77.2 Å². The second-order valence-electron chi connectivity index (χ2n) is 7.82. The Hall–Kier alpha value is -2.88. The number of carbonyl (C=O) groups is 1. The van der Waals surface area contributed by atoms with Crippen LogP contribution in [0.3, 0.4) is 0 Å². The highest BCUT2D eigenvalue weighted by atomic mass is 16.4. The van der Waals surface area contributed by atoms with E-state index in [0.29, 0.717) is 12.3 Å². The lowest BCUT2D eigenvalue weighted by atomic mass is 9.87. The third-order valence-electron chi connectivity index (χ3n) is 5.78. The standard InChI is InChI=1S/C25H28N2O2/c1-3-15-27(22-14-13-19-9-7-8-12-21(19)16-22)24(28)17-23-18(2)29-25(26-23)20-10-5-4-6-11-20/h4-12,22H,3,13-17H2,1-2H3. The van der Waals surface area contributed by atoms with Gasteiger partial charge in [-0.25, -0.2) is 4.98 Å². The molecule has 0 aliphatic heterocycles. The van der Waals surface area contributed by atoms with Crippen molar-refractivity contribution in [1.29, 1.82) is 0 Å². The van der Waals surface area contributed by atoms with Crippen LogP contribution >= 0.6 is 0 Å². The molecule has 3 aromatic rings. The Bertz CT molecular complexity index is 977. The zero-order valence-corrected chi connectivity index (χ0v) is 17.2. The zero-order valence-electron chi connectivity index (χ0n) is 17.2. The minimum atomic E-state index is 0.146. The fourth-order valence-corrected chi connectivity index (χ4v) is 4.24. The van der Waals surface area contributed by atoms with Crippen molar-refractivity contribution >= 4 is 5.91 Å². The summed E-state index contributed by atoms with van der Waals surface area (Å²) >= 11 is 0. The SMILES string of the molecule is CCCN(C(=O)Cc1nc(-c2ccccc2)oc1C)C1CCc2ccccc2C1. The van der Waals surface area contributed by atoms with E-state index in [-0.39, 0.29) is 11.9 Å². The number of rotatable bonds is 6. The van der Waals surface area contributed by atoms with E-state index >= 15 is 0 Å². The average molecular weight is 389 g/mol. The number of oxazole rings is 1. The molecule has 0 fully saturated rings. The lowest BCUT2D eigenvalue weighted by Gasteiger charge is -2.35. The number of aromatic nitrogens is 1. The van der Waals surface area contributed by atoms with Crippen LogP contribution in [0.15, 0.2) is 59.0 Å². The van der Waals surface area contributed by atoms with Gasteiger partial charge in [-0.1, -0.05) is 49.4 Å². The third kappa shape index (κ3) is 4.26. The summed E-state index contributed by atoms with van der Waals surface area (Å²) in [6, 6.07) is 18.7. The second-order valence-corrected chi connectivity index (χ2v) is 7.82. The predicted octanol–water partition coefficient (Wildman–Crippen LogP) is 4.99. The molecule has 0 radical (unpaired) electrons. The molecule has 0 N–H and O–H groups in total. The molecule has 4 nitrogen and oxygen atoms in total. The average Bonchev–Trinajstić information content (AvgIpc) is 3.12. The fourth-order valence-electron chi connectivity index (χ4n) is 4.24. The van der Waals surface area contributed by atoms with Crippen LogP contribution in [-0.4, -0.2) is 28.4 Å². The topological polar surface area (TPSA) is 46.3 Å². The Kier molecular flexibility index (Phi) is 5.79. The molecule has 4 heteroatoms. The van der Waals surface area contributed by atoms with Crippen LogP contribution in [0, 0.1) is 6.92 Å². The molecule has 0 saturated heterocycles. The Morgan fingerprint density at radius 2 is 1.83 bits per heavy atom. The van der Waals surface area contributed by atoms with Gasteiger partial charge in [0.25, 0.3) is 0 Å². The molecule has 1 aliphatic carbocycles. The Balaban J connectivity index is 1.51. The maximum absolute atomic E-state index is 13.3. The van der Waals surface area contributed by atoms with Crippen molar-refractivity contribution in [3.8, 4) is 11.5 Å². The molecule has 1 unspecified atom stereocenters. The lowest BCUT2D eigenvalue weighted by molar-refractivity contribution is -0.133. The maximum Gasteiger partial charge on any atom is 0.228 e. The molecule has 1 amide bonds. The number of benzene rings is 2. The molecule has 0 bridgehead atoms. The van der Waals surface area contributed by atoms with E-state index < -0.39 is 0 Å². The number of nitrogens with zero attached hydrogens (tertiary/aromatic N) is 2. The molecule has 1 aliphatic rings. The van der Waals surface area contributed by atoms with Crippen LogP contribution in [0.1, 0.15) is 42.3 Å². The van der Waals surface area contributed by atoms with Gasteiger partial charge in [0.05, 0.1) is 12.1 Å². The number of fused-ring (bicyclic) bond motifs is 1. The Morgan fingerprint density at radius 3 is 2.59 bits per heavy atom. The first-order valence-electron chi connectivity index (χ1n) is 10.5. The molecular formula is C25H28N2O2. The van der Waals surface area contributed by atoms with Crippen LogP contribution in [0.5, 0.6) is 0 Å². The summed E-state index contributed by atoms with van der Waals surface area (Å²) in [4.78, 5) is 20.0. The molecule has 1 heterocycles. The van der Waals surface area contributed by atoms with Crippen LogP contribution in [0.2, 0.25) is 0 Å². The predicted molar refractivity (Wildman–Crippen MR) is 115 cm³/mol. The summed E-state index contributed by atoms with van der Waals surface area (Å²) in [5.41, 5.74) is 4.48. The molecule has 0 spiro atoms. The van der Waals surface area contributed by atoms with Gasteiger partial charge in [0.2, 0.25) is 11.8 Å².